The second kappa shape index (κ2) is 6.88. The molecule has 28 heavy (non-hydrogen) atoms. The van der Waals surface area contributed by atoms with E-state index < -0.39 is 0 Å². The molecule has 144 valence electrons. The molecule has 4 aromatic rings. The summed E-state index contributed by atoms with van der Waals surface area (Å²) in [7, 11) is 1.66. The summed E-state index contributed by atoms with van der Waals surface area (Å²) in [6.45, 7) is 4.20. The van der Waals surface area contributed by atoms with E-state index in [1.54, 1.807) is 24.1 Å². The molecule has 3 aromatic heterocycles. The minimum Gasteiger partial charge on any atom is -0.493 e. The average molecular weight is 379 g/mol. The molecule has 0 aliphatic rings. The van der Waals surface area contributed by atoms with Crippen LogP contribution in [-0.2, 0) is 20.0 Å². The molecule has 0 atom stereocenters. The molecular weight excluding hydrogens is 358 g/mol. The van der Waals surface area contributed by atoms with Crippen molar-refractivity contribution in [1.82, 2.24) is 24.1 Å². The van der Waals surface area contributed by atoms with Gasteiger partial charge in [0.1, 0.15) is 5.76 Å². The zero-order chi connectivity index (χ0) is 19.8. The van der Waals surface area contributed by atoms with Crippen molar-refractivity contribution in [2.45, 2.75) is 26.8 Å². The molecule has 0 radical (unpaired) electrons. The Bertz CT molecular complexity index is 1160. The van der Waals surface area contributed by atoms with Crippen molar-refractivity contribution in [3.8, 4) is 11.6 Å². The predicted molar refractivity (Wildman–Crippen MR) is 103 cm³/mol. The van der Waals surface area contributed by atoms with Gasteiger partial charge in [-0.25, -0.2) is 9.36 Å². The second-order valence-corrected chi connectivity index (χ2v) is 6.81. The highest BCUT2D eigenvalue weighted by molar-refractivity contribution is 5.37. The van der Waals surface area contributed by atoms with Gasteiger partial charge in [-0.15, -0.1) is 0 Å². The number of rotatable bonds is 5. The van der Waals surface area contributed by atoms with E-state index in [1.807, 2.05) is 44.2 Å². The Labute approximate surface area is 161 Å². The Kier molecular flexibility index (Phi) is 4.38. The first-order chi connectivity index (χ1) is 13.5. The molecule has 0 bridgehead atoms. The van der Waals surface area contributed by atoms with Crippen LogP contribution in [0.3, 0.4) is 0 Å². The van der Waals surface area contributed by atoms with Crippen molar-refractivity contribution in [2.24, 2.45) is 7.05 Å². The standard InChI is InChI=1S/C20H21N5O3/c1-13-17(14(2)28-22-13)12-24-11-16(10-21-24)25-19(26)18(23(3)20(25)27)9-15-7-5-4-6-8-15/h4-8,10-11,26H,9,12H2,1-3H3. The molecule has 8 nitrogen and oxygen atoms in total. The maximum Gasteiger partial charge on any atom is 0.335 e. The number of aromatic nitrogens is 5. The number of benzene rings is 1. The van der Waals surface area contributed by atoms with Crippen LogP contribution < -0.4 is 5.69 Å². The van der Waals surface area contributed by atoms with E-state index in [1.165, 1.54) is 9.13 Å². The van der Waals surface area contributed by atoms with E-state index in [-0.39, 0.29) is 11.6 Å². The van der Waals surface area contributed by atoms with Crippen LogP contribution in [0.25, 0.3) is 5.69 Å². The summed E-state index contributed by atoms with van der Waals surface area (Å²) in [5.41, 5.74) is 3.50. The van der Waals surface area contributed by atoms with E-state index in [9.17, 15) is 9.90 Å². The van der Waals surface area contributed by atoms with Crippen molar-refractivity contribution in [3.05, 3.63) is 81.5 Å². The summed E-state index contributed by atoms with van der Waals surface area (Å²) in [5, 5.41) is 19.0. The average Bonchev–Trinajstić information content (AvgIpc) is 3.33. The normalized spacial score (nSPS) is 11.2. The van der Waals surface area contributed by atoms with Gasteiger partial charge in [0.15, 0.2) is 0 Å². The summed E-state index contributed by atoms with van der Waals surface area (Å²) < 4.78 is 9.61. The first kappa shape index (κ1) is 17.8. The van der Waals surface area contributed by atoms with Crippen LogP contribution >= 0.6 is 0 Å². The second-order valence-electron chi connectivity index (χ2n) is 6.81. The molecular formula is C20H21N5O3. The SMILES string of the molecule is Cc1noc(C)c1Cn1cc(-n2c(O)c(Cc3ccccc3)n(C)c2=O)cn1. The molecule has 3 heterocycles. The molecule has 1 aromatic carbocycles. The molecule has 0 saturated heterocycles. The van der Waals surface area contributed by atoms with E-state index >= 15 is 0 Å². The van der Waals surface area contributed by atoms with Gasteiger partial charge in [-0.3, -0.25) is 9.25 Å². The number of imidazole rings is 1. The predicted octanol–water partition coefficient (Wildman–Crippen LogP) is 2.32. The molecule has 0 spiro atoms. The largest absolute Gasteiger partial charge is 0.493 e. The van der Waals surface area contributed by atoms with Gasteiger partial charge in [0.25, 0.3) is 0 Å². The van der Waals surface area contributed by atoms with Gasteiger partial charge in [-0.2, -0.15) is 5.10 Å². The zero-order valence-corrected chi connectivity index (χ0v) is 16.0. The fourth-order valence-corrected chi connectivity index (χ4v) is 3.30. The summed E-state index contributed by atoms with van der Waals surface area (Å²) in [4.78, 5) is 12.7. The van der Waals surface area contributed by atoms with E-state index in [0.717, 1.165) is 22.6 Å². The number of hydrogen-bond donors (Lipinski definition) is 1. The van der Waals surface area contributed by atoms with Gasteiger partial charge in [0.2, 0.25) is 5.88 Å². The third kappa shape index (κ3) is 3.02. The van der Waals surface area contributed by atoms with E-state index in [0.29, 0.717) is 24.3 Å². The third-order valence-corrected chi connectivity index (χ3v) is 4.95. The van der Waals surface area contributed by atoms with Crippen LogP contribution in [0.1, 0.15) is 28.3 Å². The highest BCUT2D eigenvalue weighted by Crippen LogP contribution is 2.23. The Morgan fingerprint density at radius 2 is 1.93 bits per heavy atom. The molecule has 0 fully saturated rings. The summed E-state index contributed by atoms with van der Waals surface area (Å²) in [5.74, 6) is 0.660. The van der Waals surface area contributed by atoms with Crippen molar-refractivity contribution >= 4 is 0 Å². The van der Waals surface area contributed by atoms with Crippen LogP contribution in [0.5, 0.6) is 5.88 Å². The molecule has 1 N–H and O–H groups in total. The molecule has 0 unspecified atom stereocenters. The van der Waals surface area contributed by atoms with Gasteiger partial charge in [-0.05, 0) is 19.4 Å². The zero-order valence-electron chi connectivity index (χ0n) is 16.0. The van der Waals surface area contributed by atoms with Crippen molar-refractivity contribution in [3.63, 3.8) is 0 Å². The van der Waals surface area contributed by atoms with Crippen LogP contribution in [-0.4, -0.2) is 29.2 Å². The number of aromatic hydroxyl groups is 1. The Morgan fingerprint density at radius 3 is 2.61 bits per heavy atom. The minimum atomic E-state index is -0.319. The van der Waals surface area contributed by atoms with Gasteiger partial charge >= 0.3 is 5.69 Å². The van der Waals surface area contributed by atoms with Crippen molar-refractivity contribution < 1.29 is 9.63 Å². The van der Waals surface area contributed by atoms with Crippen molar-refractivity contribution in [2.75, 3.05) is 0 Å². The quantitative estimate of drug-likeness (QED) is 0.575. The van der Waals surface area contributed by atoms with Crippen molar-refractivity contribution in [1.29, 1.82) is 0 Å². The maximum absolute atomic E-state index is 12.7. The fourth-order valence-electron chi connectivity index (χ4n) is 3.30. The van der Waals surface area contributed by atoms with Crippen LogP contribution in [0, 0.1) is 13.8 Å². The lowest BCUT2D eigenvalue weighted by molar-refractivity contribution is 0.391. The lowest BCUT2D eigenvalue weighted by Gasteiger charge is -2.03. The molecule has 0 aliphatic carbocycles. The topological polar surface area (TPSA) is 91.0 Å². The smallest absolute Gasteiger partial charge is 0.335 e. The molecule has 8 heteroatoms. The number of nitrogens with zero attached hydrogens (tertiary/aromatic N) is 5. The van der Waals surface area contributed by atoms with E-state index in [4.69, 9.17) is 4.52 Å². The van der Waals surface area contributed by atoms with Crippen LogP contribution in [0.15, 0.2) is 52.0 Å². The van der Waals surface area contributed by atoms with Crippen LogP contribution in [0.2, 0.25) is 0 Å². The van der Waals surface area contributed by atoms with Gasteiger partial charge in [-0.1, -0.05) is 35.5 Å². The Balaban J connectivity index is 1.68. The minimum absolute atomic E-state index is 0.0757. The van der Waals surface area contributed by atoms with Gasteiger partial charge in [0.05, 0.1) is 29.8 Å². The summed E-state index contributed by atoms with van der Waals surface area (Å²) in [6, 6.07) is 9.72. The molecule has 0 saturated carbocycles. The summed E-state index contributed by atoms with van der Waals surface area (Å²) in [6.07, 6.45) is 3.74. The first-order valence-electron chi connectivity index (χ1n) is 8.93. The maximum atomic E-state index is 12.7. The highest BCUT2D eigenvalue weighted by atomic mass is 16.5. The van der Waals surface area contributed by atoms with Gasteiger partial charge < -0.3 is 9.63 Å². The molecule has 4 rings (SSSR count). The lowest BCUT2D eigenvalue weighted by atomic mass is 10.1. The summed E-state index contributed by atoms with van der Waals surface area (Å²) >= 11 is 0. The third-order valence-electron chi connectivity index (χ3n) is 4.95. The Morgan fingerprint density at radius 1 is 1.18 bits per heavy atom. The number of hydrogen-bond acceptors (Lipinski definition) is 5. The molecule has 0 aliphatic heterocycles. The Hall–Kier alpha value is -3.55. The van der Waals surface area contributed by atoms with E-state index in [2.05, 4.69) is 10.3 Å². The lowest BCUT2D eigenvalue weighted by Crippen LogP contribution is -2.21. The van der Waals surface area contributed by atoms with Gasteiger partial charge in [0, 0.05) is 25.2 Å². The molecule has 0 amide bonds. The fraction of sp³-hybridized carbons (Fsp3) is 0.250. The monoisotopic (exact) mass is 379 g/mol. The van der Waals surface area contributed by atoms with Crippen LogP contribution in [0.4, 0.5) is 0 Å². The first-order valence-corrected chi connectivity index (χ1v) is 8.93. The number of aryl methyl sites for hydroxylation is 2. The highest BCUT2D eigenvalue weighted by Gasteiger charge is 2.20.